The van der Waals surface area contributed by atoms with Gasteiger partial charge in [-0.25, -0.2) is 4.98 Å². The van der Waals surface area contributed by atoms with E-state index in [1.54, 1.807) is 18.1 Å². The molecule has 1 aliphatic rings. The topological polar surface area (TPSA) is 75.4 Å². The average Bonchev–Trinajstić information content (AvgIpc) is 2.65. The number of morpholine rings is 1. The molecule has 1 amide bonds. The normalized spacial score (nSPS) is 14.4. The van der Waals surface area contributed by atoms with Crippen LogP contribution in [0.25, 0.3) is 10.9 Å². The maximum absolute atomic E-state index is 12.2. The first kappa shape index (κ1) is 16.6. The zero-order valence-electron chi connectivity index (χ0n) is 13.3. The number of ether oxygens (including phenoxy) is 2. The number of methoxy groups -OCH3 is 1. The molecule has 0 spiro atoms. The van der Waals surface area contributed by atoms with E-state index in [0.29, 0.717) is 36.9 Å². The van der Waals surface area contributed by atoms with Crippen molar-refractivity contribution in [3.8, 4) is 11.8 Å². The second-order valence-electron chi connectivity index (χ2n) is 5.29. The number of aromatic nitrogens is 1. The quantitative estimate of drug-likeness (QED) is 0.791. The molecule has 0 saturated carbocycles. The molecule has 0 radical (unpaired) electrons. The van der Waals surface area contributed by atoms with Gasteiger partial charge >= 0.3 is 0 Å². The Balaban J connectivity index is 1.78. The van der Waals surface area contributed by atoms with Crippen molar-refractivity contribution in [1.29, 1.82) is 5.26 Å². The number of nitrogens with zero attached hydrogens (tertiary/aromatic N) is 3. The summed E-state index contributed by atoms with van der Waals surface area (Å²) in [6.07, 6.45) is 0. The van der Waals surface area contributed by atoms with Gasteiger partial charge in [-0.1, -0.05) is 11.8 Å². The van der Waals surface area contributed by atoms with Crippen molar-refractivity contribution in [3.63, 3.8) is 0 Å². The summed E-state index contributed by atoms with van der Waals surface area (Å²) in [6.45, 7) is 2.40. The molecule has 0 unspecified atom stereocenters. The van der Waals surface area contributed by atoms with Crippen molar-refractivity contribution in [1.82, 2.24) is 9.88 Å². The van der Waals surface area contributed by atoms with E-state index in [2.05, 4.69) is 11.1 Å². The first-order valence-electron chi connectivity index (χ1n) is 7.58. The summed E-state index contributed by atoms with van der Waals surface area (Å²) in [6, 6.07) is 9.47. The van der Waals surface area contributed by atoms with Gasteiger partial charge in [0, 0.05) is 18.5 Å². The minimum absolute atomic E-state index is 0.0452. The van der Waals surface area contributed by atoms with Gasteiger partial charge < -0.3 is 14.4 Å². The van der Waals surface area contributed by atoms with Gasteiger partial charge in [0.05, 0.1) is 37.2 Å². The van der Waals surface area contributed by atoms with Crippen molar-refractivity contribution in [2.45, 2.75) is 5.03 Å². The fourth-order valence-electron chi connectivity index (χ4n) is 2.49. The monoisotopic (exact) mass is 343 g/mol. The van der Waals surface area contributed by atoms with Crippen LogP contribution in [0.15, 0.2) is 29.3 Å². The van der Waals surface area contributed by atoms with Crippen LogP contribution in [0.4, 0.5) is 0 Å². The number of nitriles is 1. The largest absolute Gasteiger partial charge is 0.497 e. The number of fused-ring (bicyclic) bond motifs is 1. The fraction of sp³-hybridized carbons (Fsp3) is 0.353. The molecule has 1 aromatic heterocycles. The molecule has 2 aromatic rings. The molecular formula is C17H17N3O3S. The Bertz CT molecular complexity index is 798. The molecular weight excluding hydrogens is 326 g/mol. The highest BCUT2D eigenvalue weighted by molar-refractivity contribution is 8.00. The van der Waals surface area contributed by atoms with Gasteiger partial charge in [0.1, 0.15) is 16.8 Å². The molecule has 1 saturated heterocycles. The summed E-state index contributed by atoms with van der Waals surface area (Å²) in [5.41, 5.74) is 1.24. The van der Waals surface area contributed by atoms with Crippen molar-refractivity contribution in [3.05, 3.63) is 29.8 Å². The molecule has 1 fully saturated rings. The highest BCUT2D eigenvalue weighted by Gasteiger charge is 2.18. The second kappa shape index (κ2) is 7.51. The molecule has 0 atom stereocenters. The molecule has 3 rings (SSSR count). The first-order valence-corrected chi connectivity index (χ1v) is 8.57. The van der Waals surface area contributed by atoms with Crippen LogP contribution < -0.4 is 4.74 Å². The number of amides is 1. The number of hydrogen-bond acceptors (Lipinski definition) is 6. The van der Waals surface area contributed by atoms with Crippen molar-refractivity contribution < 1.29 is 14.3 Å². The minimum atomic E-state index is 0.0452. The predicted molar refractivity (Wildman–Crippen MR) is 91.1 cm³/mol. The number of thioether (sulfide) groups is 1. The average molecular weight is 343 g/mol. The molecule has 0 bridgehead atoms. The zero-order valence-corrected chi connectivity index (χ0v) is 14.1. The summed E-state index contributed by atoms with van der Waals surface area (Å²) in [7, 11) is 1.60. The number of benzene rings is 1. The van der Waals surface area contributed by atoms with Crippen molar-refractivity contribution in [2.75, 3.05) is 39.2 Å². The van der Waals surface area contributed by atoms with E-state index in [4.69, 9.17) is 9.47 Å². The summed E-state index contributed by atoms with van der Waals surface area (Å²) in [5.74, 6) is 1.03. The summed E-state index contributed by atoms with van der Waals surface area (Å²) >= 11 is 1.30. The van der Waals surface area contributed by atoms with E-state index in [1.807, 2.05) is 18.2 Å². The van der Waals surface area contributed by atoms with Crippen molar-refractivity contribution in [2.24, 2.45) is 0 Å². The highest BCUT2D eigenvalue weighted by atomic mass is 32.2. The lowest BCUT2D eigenvalue weighted by molar-refractivity contribution is -0.132. The van der Waals surface area contributed by atoms with Crippen LogP contribution in [0.1, 0.15) is 5.56 Å². The molecule has 0 aliphatic carbocycles. The molecule has 1 aliphatic heterocycles. The Hall–Kier alpha value is -2.30. The molecule has 2 heterocycles. The van der Waals surface area contributed by atoms with E-state index in [1.165, 1.54) is 11.8 Å². The first-order chi connectivity index (χ1) is 11.7. The lowest BCUT2D eigenvalue weighted by atomic mass is 10.1. The Kier molecular flexibility index (Phi) is 5.18. The van der Waals surface area contributed by atoms with E-state index in [-0.39, 0.29) is 11.7 Å². The molecule has 0 N–H and O–H groups in total. The Morgan fingerprint density at radius 3 is 2.92 bits per heavy atom. The minimum Gasteiger partial charge on any atom is -0.497 e. The third-order valence-electron chi connectivity index (χ3n) is 3.80. The number of rotatable bonds is 4. The third kappa shape index (κ3) is 3.61. The maximum Gasteiger partial charge on any atom is 0.233 e. The predicted octanol–water partition coefficient (Wildman–Crippen LogP) is 2.07. The van der Waals surface area contributed by atoms with Crippen molar-refractivity contribution >= 4 is 28.6 Å². The second-order valence-corrected chi connectivity index (χ2v) is 6.26. The number of hydrogen-bond donors (Lipinski definition) is 0. The van der Waals surface area contributed by atoms with E-state index < -0.39 is 0 Å². The third-order valence-corrected chi connectivity index (χ3v) is 4.78. The Morgan fingerprint density at radius 2 is 2.21 bits per heavy atom. The van der Waals surface area contributed by atoms with Crippen LogP contribution in [0.5, 0.6) is 5.75 Å². The van der Waals surface area contributed by atoms with Crippen LogP contribution >= 0.6 is 11.8 Å². The van der Waals surface area contributed by atoms with Gasteiger partial charge in [0.15, 0.2) is 0 Å². The molecule has 24 heavy (non-hydrogen) atoms. The number of carbonyl (C=O) groups is 1. The SMILES string of the molecule is COc1ccc2nc(SCC(=O)N3CCOCC3)c(C#N)cc2c1. The van der Waals surface area contributed by atoms with Crippen LogP contribution in [0.2, 0.25) is 0 Å². The van der Waals surface area contributed by atoms with E-state index in [0.717, 1.165) is 16.7 Å². The lowest BCUT2D eigenvalue weighted by Gasteiger charge is -2.26. The Labute approximate surface area is 144 Å². The molecule has 1 aromatic carbocycles. The molecule has 124 valence electrons. The van der Waals surface area contributed by atoms with Gasteiger partial charge in [-0.05, 0) is 24.3 Å². The molecule has 7 heteroatoms. The van der Waals surface area contributed by atoms with Crippen LogP contribution in [-0.4, -0.2) is 55.0 Å². The number of pyridine rings is 1. The highest BCUT2D eigenvalue weighted by Crippen LogP contribution is 2.27. The van der Waals surface area contributed by atoms with Gasteiger partial charge in [0.25, 0.3) is 0 Å². The smallest absolute Gasteiger partial charge is 0.233 e. The van der Waals surface area contributed by atoms with Gasteiger partial charge in [0.2, 0.25) is 5.91 Å². The summed E-state index contributed by atoms with van der Waals surface area (Å²) < 4.78 is 10.4. The number of carbonyl (C=O) groups excluding carboxylic acids is 1. The lowest BCUT2D eigenvalue weighted by Crippen LogP contribution is -2.41. The summed E-state index contributed by atoms with van der Waals surface area (Å²) in [5, 5.41) is 10.8. The fourth-order valence-corrected chi connectivity index (χ4v) is 3.35. The zero-order chi connectivity index (χ0) is 16.9. The van der Waals surface area contributed by atoms with Crippen LogP contribution in [-0.2, 0) is 9.53 Å². The van der Waals surface area contributed by atoms with Gasteiger partial charge in [-0.15, -0.1) is 0 Å². The van der Waals surface area contributed by atoms with Crippen LogP contribution in [0.3, 0.4) is 0 Å². The van der Waals surface area contributed by atoms with Gasteiger partial charge in [-0.2, -0.15) is 5.26 Å². The summed E-state index contributed by atoms with van der Waals surface area (Å²) in [4.78, 5) is 18.6. The molecule has 6 nitrogen and oxygen atoms in total. The van der Waals surface area contributed by atoms with E-state index in [9.17, 15) is 10.1 Å². The Morgan fingerprint density at radius 1 is 1.42 bits per heavy atom. The maximum atomic E-state index is 12.2. The standard InChI is InChI=1S/C17H17N3O3S/c1-22-14-2-3-15-12(9-14)8-13(10-18)17(19-15)24-11-16(21)20-4-6-23-7-5-20/h2-3,8-9H,4-7,11H2,1H3. The van der Waals surface area contributed by atoms with Gasteiger partial charge in [-0.3, -0.25) is 4.79 Å². The van der Waals surface area contributed by atoms with Crippen LogP contribution in [0, 0.1) is 11.3 Å². The van der Waals surface area contributed by atoms with E-state index >= 15 is 0 Å².